The van der Waals surface area contributed by atoms with Crippen molar-refractivity contribution in [1.29, 1.82) is 0 Å². The Kier molecular flexibility index (Phi) is 4.31. The number of nitrogens with zero attached hydrogens (tertiary/aromatic N) is 4. The number of halogens is 1. The van der Waals surface area contributed by atoms with E-state index in [1.54, 1.807) is 0 Å². The summed E-state index contributed by atoms with van der Waals surface area (Å²) in [7, 11) is 0. The quantitative estimate of drug-likeness (QED) is 0.872. The van der Waals surface area contributed by atoms with Crippen molar-refractivity contribution in [2.24, 2.45) is 0 Å². The molecule has 2 aromatic rings. The topological polar surface area (TPSA) is 51.1 Å². The van der Waals surface area contributed by atoms with Gasteiger partial charge in [0, 0.05) is 18.7 Å². The summed E-state index contributed by atoms with van der Waals surface area (Å²) in [4.78, 5) is 15.1. The van der Waals surface area contributed by atoms with Gasteiger partial charge in [0.15, 0.2) is 5.82 Å². The molecule has 1 saturated heterocycles. The van der Waals surface area contributed by atoms with Crippen molar-refractivity contribution < 1.29 is 4.74 Å². The number of benzene rings is 1. The molecule has 110 valence electrons. The average Bonchev–Trinajstić information content (AvgIpc) is 2.55. The van der Waals surface area contributed by atoms with Gasteiger partial charge in [0.2, 0.25) is 11.2 Å². The van der Waals surface area contributed by atoms with Crippen LogP contribution in [-0.4, -0.2) is 41.3 Å². The van der Waals surface area contributed by atoms with Crippen molar-refractivity contribution in [1.82, 2.24) is 15.0 Å². The molecule has 0 saturated carbocycles. The van der Waals surface area contributed by atoms with Crippen molar-refractivity contribution >= 4 is 17.5 Å². The summed E-state index contributed by atoms with van der Waals surface area (Å²) in [5.74, 6) is 1.24. The molecule has 1 aromatic carbocycles. The third kappa shape index (κ3) is 3.31. The molecule has 0 spiro atoms. The summed E-state index contributed by atoms with van der Waals surface area (Å²) in [5, 5.41) is 0.225. The van der Waals surface area contributed by atoms with Crippen LogP contribution < -0.4 is 4.90 Å². The Morgan fingerprint density at radius 2 is 2.00 bits per heavy atom. The second kappa shape index (κ2) is 6.37. The molecule has 1 fully saturated rings. The van der Waals surface area contributed by atoms with Crippen LogP contribution in [0.4, 0.5) is 5.95 Å². The van der Waals surface area contributed by atoms with Crippen LogP contribution in [0, 0.1) is 0 Å². The monoisotopic (exact) mass is 304 g/mol. The largest absolute Gasteiger partial charge is 0.378 e. The number of aromatic nitrogens is 3. The Hall–Kier alpha value is -1.72. The van der Waals surface area contributed by atoms with Crippen LogP contribution in [-0.2, 0) is 11.2 Å². The zero-order valence-electron chi connectivity index (χ0n) is 11.9. The van der Waals surface area contributed by atoms with E-state index in [4.69, 9.17) is 16.3 Å². The lowest BCUT2D eigenvalue weighted by molar-refractivity contribution is 0.122. The summed E-state index contributed by atoms with van der Waals surface area (Å²) in [5.41, 5.74) is 2.21. The van der Waals surface area contributed by atoms with Gasteiger partial charge in [-0.1, -0.05) is 25.1 Å². The van der Waals surface area contributed by atoms with Gasteiger partial charge in [0.25, 0.3) is 0 Å². The third-order valence-electron chi connectivity index (χ3n) is 3.48. The van der Waals surface area contributed by atoms with Crippen LogP contribution in [0.5, 0.6) is 0 Å². The highest BCUT2D eigenvalue weighted by molar-refractivity contribution is 6.28. The molecule has 0 aliphatic carbocycles. The number of rotatable bonds is 3. The number of anilines is 1. The molecule has 2 heterocycles. The van der Waals surface area contributed by atoms with Crippen molar-refractivity contribution in [2.75, 3.05) is 31.2 Å². The van der Waals surface area contributed by atoms with Crippen molar-refractivity contribution in [3.63, 3.8) is 0 Å². The van der Waals surface area contributed by atoms with Gasteiger partial charge in [-0.05, 0) is 29.7 Å². The van der Waals surface area contributed by atoms with Crippen molar-refractivity contribution in [2.45, 2.75) is 13.3 Å². The number of hydrogen-bond donors (Lipinski definition) is 0. The molecule has 6 heteroatoms. The van der Waals surface area contributed by atoms with E-state index in [9.17, 15) is 0 Å². The molecular formula is C15H17ClN4O. The molecule has 0 amide bonds. The molecule has 0 bridgehead atoms. The van der Waals surface area contributed by atoms with Crippen molar-refractivity contribution in [3.8, 4) is 11.4 Å². The molecule has 3 rings (SSSR count). The predicted octanol–water partition coefficient (Wildman–Crippen LogP) is 2.59. The standard InChI is InChI=1S/C15H17ClN4O/c1-2-11-4-3-5-12(10-11)13-17-14(16)19-15(18-13)20-6-8-21-9-7-20/h3-5,10H,2,6-9H2,1H3. The van der Waals surface area contributed by atoms with Gasteiger partial charge in [0.05, 0.1) is 13.2 Å². The predicted molar refractivity (Wildman–Crippen MR) is 82.7 cm³/mol. The van der Waals surface area contributed by atoms with Crippen LogP contribution in [0.2, 0.25) is 5.28 Å². The Morgan fingerprint density at radius 3 is 2.76 bits per heavy atom. The van der Waals surface area contributed by atoms with E-state index >= 15 is 0 Å². The second-order valence-corrected chi connectivity index (χ2v) is 5.22. The first-order valence-electron chi connectivity index (χ1n) is 7.10. The zero-order chi connectivity index (χ0) is 14.7. The van der Waals surface area contributed by atoms with E-state index in [1.165, 1.54) is 5.56 Å². The van der Waals surface area contributed by atoms with Gasteiger partial charge in [-0.25, -0.2) is 0 Å². The second-order valence-electron chi connectivity index (χ2n) is 4.88. The van der Waals surface area contributed by atoms with E-state index in [0.29, 0.717) is 25.0 Å². The van der Waals surface area contributed by atoms with E-state index in [0.717, 1.165) is 25.1 Å². The molecule has 0 radical (unpaired) electrons. The number of aryl methyl sites for hydroxylation is 1. The third-order valence-corrected chi connectivity index (χ3v) is 3.65. The molecule has 5 nitrogen and oxygen atoms in total. The minimum atomic E-state index is 0.225. The van der Waals surface area contributed by atoms with Gasteiger partial charge >= 0.3 is 0 Å². The molecule has 1 aliphatic heterocycles. The summed E-state index contributed by atoms with van der Waals surface area (Å²) in [6.07, 6.45) is 0.975. The van der Waals surface area contributed by atoms with E-state index in [-0.39, 0.29) is 5.28 Å². The molecular weight excluding hydrogens is 288 g/mol. The van der Waals surface area contributed by atoms with Crippen LogP contribution in [0.1, 0.15) is 12.5 Å². The molecule has 1 aliphatic rings. The lowest BCUT2D eigenvalue weighted by Crippen LogP contribution is -2.37. The molecule has 21 heavy (non-hydrogen) atoms. The SMILES string of the molecule is CCc1cccc(-c2nc(Cl)nc(N3CCOCC3)n2)c1. The minimum absolute atomic E-state index is 0.225. The maximum absolute atomic E-state index is 6.07. The van der Waals surface area contributed by atoms with Crippen molar-refractivity contribution in [3.05, 3.63) is 35.1 Å². The van der Waals surface area contributed by atoms with Gasteiger partial charge in [-0.15, -0.1) is 0 Å². The first-order valence-corrected chi connectivity index (χ1v) is 7.47. The van der Waals surface area contributed by atoms with Crippen LogP contribution >= 0.6 is 11.6 Å². The van der Waals surface area contributed by atoms with Gasteiger partial charge in [-0.3, -0.25) is 0 Å². The van der Waals surface area contributed by atoms with E-state index < -0.39 is 0 Å². The lowest BCUT2D eigenvalue weighted by atomic mass is 10.1. The van der Waals surface area contributed by atoms with Crippen LogP contribution in [0.25, 0.3) is 11.4 Å². The normalized spacial score (nSPS) is 15.2. The fourth-order valence-corrected chi connectivity index (χ4v) is 2.46. The maximum atomic E-state index is 6.07. The number of ether oxygens (including phenoxy) is 1. The molecule has 0 atom stereocenters. The first kappa shape index (κ1) is 14.2. The molecule has 0 N–H and O–H groups in total. The summed E-state index contributed by atoms with van der Waals surface area (Å²) >= 11 is 6.07. The highest BCUT2D eigenvalue weighted by atomic mass is 35.5. The van der Waals surface area contributed by atoms with E-state index in [1.807, 2.05) is 12.1 Å². The number of hydrogen-bond acceptors (Lipinski definition) is 5. The maximum Gasteiger partial charge on any atom is 0.230 e. The average molecular weight is 305 g/mol. The summed E-state index contributed by atoms with van der Waals surface area (Å²) in [6.45, 7) is 5.04. The Morgan fingerprint density at radius 1 is 1.19 bits per heavy atom. The number of morpholine rings is 1. The van der Waals surface area contributed by atoms with Gasteiger partial charge in [-0.2, -0.15) is 15.0 Å². The lowest BCUT2D eigenvalue weighted by Gasteiger charge is -2.26. The zero-order valence-corrected chi connectivity index (χ0v) is 12.7. The fraction of sp³-hybridized carbons (Fsp3) is 0.400. The minimum Gasteiger partial charge on any atom is -0.378 e. The summed E-state index contributed by atoms with van der Waals surface area (Å²) < 4.78 is 5.35. The van der Waals surface area contributed by atoms with E-state index in [2.05, 4.69) is 38.9 Å². The summed E-state index contributed by atoms with van der Waals surface area (Å²) in [6, 6.07) is 8.19. The van der Waals surface area contributed by atoms with Crippen LogP contribution in [0.15, 0.2) is 24.3 Å². The Balaban J connectivity index is 1.96. The van der Waals surface area contributed by atoms with Gasteiger partial charge < -0.3 is 9.64 Å². The van der Waals surface area contributed by atoms with Gasteiger partial charge in [0.1, 0.15) is 0 Å². The molecule has 1 aromatic heterocycles. The molecule has 0 unspecified atom stereocenters. The highest BCUT2D eigenvalue weighted by Crippen LogP contribution is 2.21. The first-order chi connectivity index (χ1) is 10.3. The smallest absolute Gasteiger partial charge is 0.230 e. The fourth-order valence-electron chi connectivity index (χ4n) is 2.30. The highest BCUT2D eigenvalue weighted by Gasteiger charge is 2.16. The van der Waals surface area contributed by atoms with Crippen LogP contribution in [0.3, 0.4) is 0 Å². The Bertz CT molecular complexity index is 629. The Labute approximate surface area is 129 Å².